The van der Waals surface area contributed by atoms with Crippen LogP contribution in [0.4, 0.5) is 11.4 Å². The number of carbonyl (C=O) groups excluding carboxylic acids is 2. The van der Waals surface area contributed by atoms with Crippen LogP contribution in [0, 0.1) is 0 Å². The standard InChI is InChI=1S/C18H14N2O3/c1-20-14-6-4-3-5-11(14)16(18(20)22)15-12-9-10(23-2)7-8-13(12)19-17(15)21/h3-9H,1-2H3,(H,19,21)/b16-15+. The fourth-order valence-corrected chi connectivity index (χ4v) is 3.13. The van der Waals surface area contributed by atoms with Crippen molar-refractivity contribution < 1.29 is 14.3 Å². The average Bonchev–Trinajstić information content (AvgIpc) is 3.01. The van der Waals surface area contributed by atoms with Crippen LogP contribution in [0.15, 0.2) is 42.5 Å². The van der Waals surface area contributed by atoms with Crippen LogP contribution in [0.2, 0.25) is 0 Å². The number of fused-ring (bicyclic) bond motifs is 2. The van der Waals surface area contributed by atoms with E-state index in [9.17, 15) is 9.59 Å². The summed E-state index contributed by atoms with van der Waals surface area (Å²) in [5.74, 6) is 0.208. The zero-order chi connectivity index (χ0) is 16.1. The molecular weight excluding hydrogens is 292 g/mol. The summed E-state index contributed by atoms with van der Waals surface area (Å²) in [6.45, 7) is 0. The number of likely N-dealkylation sites (N-methyl/N-ethyl adjacent to an activating group) is 1. The van der Waals surface area contributed by atoms with Crippen molar-refractivity contribution in [2.24, 2.45) is 0 Å². The minimum absolute atomic E-state index is 0.174. The van der Waals surface area contributed by atoms with Gasteiger partial charge >= 0.3 is 0 Å². The summed E-state index contributed by atoms with van der Waals surface area (Å²) in [7, 11) is 3.29. The van der Waals surface area contributed by atoms with Crippen molar-refractivity contribution in [1.82, 2.24) is 0 Å². The summed E-state index contributed by atoms with van der Waals surface area (Å²) >= 11 is 0. The first kappa shape index (κ1) is 13.6. The Hall–Kier alpha value is -3.08. The minimum atomic E-state index is -0.262. The first-order valence-electron chi connectivity index (χ1n) is 7.23. The molecule has 2 aromatic rings. The molecule has 2 amide bonds. The molecule has 0 unspecified atom stereocenters. The maximum absolute atomic E-state index is 12.7. The topological polar surface area (TPSA) is 58.6 Å². The smallest absolute Gasteiger partial charge is 0.259 e. The Morgan fingerprint density at radius 3 is 2.57 bits per heavy atom. The second-order valence-electron chi connectivity index (χ2n) is 5.50. The van der Waals surface area contributed by atoms with E-state index in [2.05, 4.69) is 5.32 Å². The monoisotopic (exact) mass is 306 g/mol. The molecule has 23 heavy (non-hydrogen) atoms. The summed E-state index contributed by atoms with van der Waals surface area (Å²) in [4.78, 5) is 26.8. The number of benzene rings is 2. The number of nitrogens with zero attached hydrogens (tertiary/aromatic N) is 1. The molecule has 0 aromatic heterocycles. The molecule has 0 fully saturated rings. The largest absolute Gasteiger partial charge is 0.497 e. The predicted molar refractivity (Wildman–Crippen MR) is 88.3 cm³/mol. The summed E-state index contributed by atoms with van der Waals surface area (Å²) in [5, 5.41) is 2.82. The van der Waals surface area contributed by atoms with Gasteiger partial charge < -0.3 is 15.0 Å². The number of para-hydroxylation sites is 1. The summed E-state index contributed by atoms with van der Waals surface area (Å²) in [6, 6.07) is 12.8. The zero-order valence-corrected chi connectivity index (χ0v) is 12.7. The van der Waals surface area contributed by atoms with Crippen molar-refractivity contribution in [2.75, 3.05) is 24.4 Å². The summed E-state index contributed by atoms with van der Waals surface area (Å²) in [6.07, 6.45) is 0. The Kier molecular flexibility index (Phi) is 2.78. The molecule has 2 aliphatic rings. The summed E-state index contributed by atoms with van der Waals surface area (Å²) in [5.41, 5.74) is 3.82. The molecule has 2 heterocycles. The van der Waals surface area contributed by atoms with Gasteiger partial charge in [0.1, 0.15) is 5.75 Å². The molecule has 0 radical (unpaired) electrons. The van der Waals surface area contributed by atoms with Gasteiger partial charge in [0.2, 0.25) is 0 Å². The van der Waals surface area contributed by atoms with Gasteiger partial charge in [-0.15, -0.1) is 0 Å². The molecule has 0 bridgehead atoms. The van der Waals surface area contributed by atoms with Crippen LogP contribution in [0.5, 0.6) is 5.75 Å². The Balaban J connectivity index is 2.03. The molecule has 5 heteroatoms. The predicted octanol–water partition coefficient (Wildman–Crippen LogP) is 2.53. The van der Waals surface area contributed by atoms with Gasteiger partial charge in [0.25, 0.3) is 11.8 Å². The van der Waals surface area contributed by atoms with Crippen molar-refractivity contribution >= 4 is 34.3 Å². The van der Waals surface area contributed by atoms with Crippen LogP contribution >= 0.6 is 0 Å². The third-order valence-electron chi connectivity index (χ3n) is 4.27. The highest BCUT2D eigenvalue weighted by Crippen LogP contribution is 2.44. The molecular formula is C18H14N2O3. The van der Waals surface area contributed by atoms with E-state index in [1.54, 1.807) is 37.3 Å². The van der Waals surface area contributed by atoms with Crippen LogP contribution in [0.3, 0.4) is 0 Å². The van der Waals surface area contributed by atoms with Crippen molar-refractivity contribution in [2.45, 2.75) is 0 Å². The lowest BCUT2D eigenvalue weighted by Crippen LogP contribution is -2.21. The molecule has 0 spiro atoms. The Morgan fingerprint density at radius 1 is 1.00 bits per heavy atom. The normalized spacial score (nSPS) is 18.8. The van der Waals surface area contributed by atoms with Gasteiger partial charge in [0, 0.05) is 23.9 Å². The van der Waals surface area contributed by atoms with Crippen LogP contribution in [-0.2, 0) is 9.59 Å². The van der Waals surface area contributed by atoms with Crippen LogP contribution < -0.4 is 15.0 Å². The molecule has 0 aliphatic carbocycles. The summed E-state index contributed by atoms with van der Waals surface area (Å²) < 4.78 is 5.25. The Morgan fingerprint density at radius 2 is 1.78 bits per heavy atom. The number of nitrogens with one attached hydrogen (secondary N) is 1. The molecule has 5 nitrogen and oxygen atoms in total. The van der Waals surface area contributed by atoms with Gasteiger partial charge in [-0.2, -0.15) is 0 Å². The second-order valence-corrected chi connectivity index (χ2v) is 5.50. The highest BCUT2D eigenvalue weighted by Gasteiger charge is 2.37. The van der Waals surface area contributed by atoms with E-state index in [0.717, 1.165) is 11.3 Å². The van der Waals surface area contributed by atoms with Gasteiger partial charge in [-0.05, 0) is 24.3 Å². The van der Waals surface area contributed by atoms with E-state index in [1.807, 2.05) is 24.3 Å². The van der Waals surface area contributed by atoms with Crippen molar-refractivity contribution in [3.63, 3.8) is 0 Å². The Bertz CT molecular complexity index is 899. The second kappa shape index (κ2) is 4.71. The van der Waals surface area contributed by atoms with Gasteiger partial charge in [0.15, 0.2) is 0 Å². The first-order chi connectivity index (χ1) is 11.1. The first-order valence-corrected chi connectivity index (χ1v) is 7.23. The highest BCUT2D eigenvalue weighted by atomic mass is 16.5. The number of hydrogen-bond acceptors (Lipinski definition) is 3. The zero-order valence-electron chi connectivity index (χ0n) is 12.7. The number of carbonyl (C=O) groups is 2. The number of hydrogen-bond donors (Lipinski definition) is 1. The van der Waals surface area contributed by atoms with Crippen LogP contribution in [0.25, 0.3) is 11.1 Å². The van der Waals surface area contributed by atoms with Crippen LogP contribution in [-0.4, -0.2) is 26.0 Å². The molecule has 0 atom stereocenters. The quantitative estimate of drug-likeness (QED) is 0.824. The number of ether oxygens (including phenoxy) is 1. The molecule has 1 N–H and O–H groups in total. The number of anilines is 2. The SMILES string of the molecule is COc1ccc2c(c1)/C(=C1\C(=O)N(C)c3ccccc31)C(=O)N2. The molecule has 0 saturated heterocycles. The van der Waals surface area contributed by atoms with Gasteiger partial charge in [-0.1, -0.05) is 18.2 Å². The fourth-order valence-electron chi connectivity index (χ4n) is 3.13. The van der Waals surface area contributed by atoms with Crippen molar-refractivity contribution in [1.29, 1.82) is 0 Å². The molecule has 2 aliphatic heterocycles. The third-order valence-corrected chi connectivity index (χ3v) is 4.27. The van der Waals surface area contributed by atoms with E-state index >= 15 is 0 Å². The molecule has 0 saturated carbocycles. The highest BCUT2D eigenvalue weighted by molar-refractivity contribution is 6.49. The number of rotatable bonds is 1. The van der Waals surface area contributed by atoms with Gasteiger partial charge in [-0.3, -0.25) is 9.59 Å². The van der Waals surface area contributed by atoms with E-state index < -0.39 is 0 Å². The molecule has 114 valence electrons. The molecule has 2 aromatic carbocycles. The van der Waals surface area contributed by atoms with Gasteiger partial charge in [-0.25, -0.2) is 0 Å². The maximum atomic E-state index is 12.7. The number of amides is 2. The van der Waals surface area contributed by atoms with Crippen molar-refractivity contribution in [3.05, 3.63) is 53.6 Å². The minimum Gasteiger partial charge on any atom is -0.497 e. The number of methoxy groups -OCH3 is 1. The lowest BCUT2D eigenvalue weighted by Gasteiger charge is -2.08. The maximum Gasteiger partial charge on any atom is 0.259 e. The van der Waals surface area contributed by atoms with E-state index in [1.165, 1.54) is 0 Å². The Labute approximate surface area is 133 Å². The third kappa shape index (κ3) is 1.80. The van der Waals surface area contributed by atoms with E-state index in [4.69, 9.17) is 4.74 Å². The van der Waals surface area contributed by atoms with Crippen molar-refractivity contribution in [3.8, 4) is 5.75 Å². The lowest BCUT2D eigenvalue weighted by atomic mass is 9.96. The fraction of sp³-hybridized carbons (Fsp3) is 0.111. The van der Waals surface area contributed by atoms with E-state index in [-0.39, 0.29) is 11.8 Å². The lowest BCUT2D eigenvalue weighted by molar-refractivity contribution is -0.113. The van der Waals surface area contributed by atoms with Gasteiger partial charge in [0.05, 0.1) is 23.9 Å². The van der Waals surface area contributed by atoms with Crippen LogP contribution in [0.1, 0.15) is 11.1 Å². The average molecular weight is 306 g/mol. The van der Waals surface area contributed by atoms with E-state index in [0.29, 0.717) is 28.1 Å². The molecule has 4 rings (SSSR count).